The van der Waals surface area contributed by atoms with Crippen LogP contribution in [0, 0.1) is 0 Å². The molecule has 1 saturated heterocycles. The lowest BCUT2D eigenvalue weighted by atomic mass is 9.98. The molecule has 0 saturated carbocycles. The van der Waals surface area contributed by atoms with E-state index in [-0.39, 0.29) is 18.1 Å². The number of hydrogen-bond acceptors (Lipinski definition) is 4. The Kier molecular flexibility index (Phi) is 4.25. The smallest absolute Gasteiger partial charge is 0.302 e. The van der Waals surface area contributed by atoms with Crippen LogP contribution < -0.4 is 5.32 Å². The van der Waals surface area contributed by atoms with Crippen LogP contribution >= 0.6 is 0 Å². The summed E-state index contributed by atoms with van der Waals surface area (Å²) in [6.07, 6.45) is 0.958. The SMILES string of the molecule is BC1CNCC(CCOC(C)=O)O1. The maximum Gasteiger partial charge on any atom is 0.302 e. The second kappa shape index (κ2) is 5.24. The number of morpholine rings is 1. The Hall–Kier alpha value is -0.545. The third kappa shape index (κ3) is 4.29. The van der Waals surface area contributed by atoms with Crippen LogP contribution in [0.5, 0.6) is 0 Å². The summed E-state index contributed by atoms with van der Waals surface area (Å²) >= 11 is 0. The molecule has 0 aromatic carbocycles. The van der Waals surface area contributed by atoms with Crippen molar-refractivity contribution in [3.63, 3.8) is 0 Å². The molecule has 0 bridgehead atoms. The molecule has 0 amide bonds. The number of rotatable bonds is 3. The van der Waals surface area contributed by atoms with E-state index in [0.29, 0.717) is 6.61 Å². The van der Waals surface area contributed by atoms with Crippen molar-refractivity contribution >= 4 is 13.8 Å². The molecule has 1 aliphatic rings. The van der Waals surface area contributed by atoms with Crippen LogP contribution in [0.15, 0.2) is 0 Å². The summed E-state index contributed by atoms with van der Waals surface area (Å²) in [6.45, 7) is 3.63. The van der Waals surface area contributed by atoms with Gasteiger partial charge < -0.3 is 14.8 Å². The molecule has 1 heterocycles. The van der Waals surface area contributed by atoms with Crippen molar-refractivity contribution in [2.75, 3.05) is 19.7 Å². The fourth-order valence-corrected chi connectivity index (χ4v) is 1.38. The van der Waals surface area contributed by atoms with Gasteiger partial charge in [0.25, 0.3) is 0 Å². The molecule has 1 fully saturated rings. The predicted octanol–water partition coefficient (Wildman–Crippen LogP) is -1.11. The third-order valence-corrected chi connectivity index (χ3v) is 1.97. The molecule has 0 radical (unpaired) electrons. The minimum atomic E-state index is -0.225. The summed E-state index contributed by atoms with van der Waals surface area (Å²) in [5.41, 5.74) is 0. The van der Waals surface area contributed by atoms with Gasteiger partial charge in [-0.05, 0) is 0 Å². The maximum atomic E-state index is 10.5. The van der Waals surface area contributed by atoms with Gasteiger partial charge in [-0.25, -0.2) is 0 Å². The number of esters is 1. The number of ether oxygens (including phenoxy) is 2. The molecule has 2 atom stereocenters. The largest absolute Gasteiger partial charge is 0.466 e. The van der Waals surface area contributed by atoms with Gasteiger partial charge in [-0.15, -0.1) is 0 Å². The first-order valence-corrected chi connectivity index (χ1v) is 4.68. The lowest BCUT2D eigenvalue weighted by Crippen LogP contribution is -2.45. The van der Waals surface area contributed by atoms with Crippen molar-refractivity contribution in [1.29, 1.82) is 0 Å². The zero-order valence-corrected chi connectivity index (χ0v) is 8.21. The lowest BCUT2D eigenvalue weighted by Gasteiger charge is -2.28. The predicted molar refractivity (Wildman–Crippen MR) is 51.3 cm³/mol. The van der Waals surface area contributed by atoms with Gasteiger partial charge in [-0.2, -0.15) is 0 Å². The Morgan fingerprint density at radius 1 is 1.69 bits per heavy atom. The molecule has 1 N–H and O–H groups in total. The molecule has 4 nitrogen and oxygen atoms in total. The monoisotopic (exact) mass is 185 g/mol. The quantitative estimate of drug-likeness (QED) is 0.447. The highest BCUT2D eigenvalue weighted by atomic mass is 16.5. The van der Waals surface area contributed by atoms with Crippen LogP contribution in [0.25, 0.3) is 0 Å². The van der Waals surface area contributed by atoms with E-state index in [9.17, 15) is 4.79 Å². The Labute approximate surface area is 79.4 Å². The molecule has 0 aromatic heterocycles. The fraction of sp³-hybridized carbons (Fsp3) is 0.875. The summed E-state index contributed by atoms with van der Waals surface area (Å²) in [5.74, 6) is -0.225. The van der Waals surface area contributed by atoms with Crippen LogP contribution in [0.2, 0.25) is 0 Å². The molecule has 5 heteroatoms. The van der Waals surface area contributed by atoms with E-state index < -0.39 is 0 Å². The molecule has 0 spiro atoms. The van der Waals surface area contributed by atoms with Crippen molar-refractivity contribution in [2.24, 2.45) is 0 Å². The third-order valence-electron chi connectivity index (χ3n) is 1.97. The summed E-state index contributed by atoms with van der Waals surface area (Å²) < 4.78 is 10.4. The van der Waals surface area contributed by atoms with Crippen LogP contribution in [-0.2, 0) is 14.3 Å². The van der Waals surface area contributed by atoms with Crippen molar-refractivity contribution in [3.05, 3.63) is 0 Å². The van der Waals surface area contributed by atoms with Gasteiger partial charge in [0.2, 0.25) is 0 Å². The topological polar surface area (TPSA) is 47.6 Å². The van der Waals surface area contributed by atoms with Gasteiger partial charge in [0.15, 0.2) is 0 Å². The Morgan fingerprint density at radius 2 is 2.46 bits per heavy atom. The average Bonchev–Trinajstić information content (AvgIpc) is 2.03. The standard InChI is InChI=1S/C8H16BNO3/c1-6(11)12-3-2-7-4-10-5-8(9)13-7/h7-8,10H,2-5,9H2,1H3. The van der Waals surface area contributed by atoms with Gasteiger partial charge in [0.05, 0.1) is 12.7 Å². The fourth-order valence-electron chi connectivity index (χ4n) is 1.38. The lowest BCUT2D eigenvalue weighted by molar-refractivity contribution is -0.142. The van der Waals surface area contributed by atoms with E-state index in [1.54, 1.807) is 0 Å². The summed E-state index contributed by atoms with van der Waals surface area (Å²) in [4.78, 5) is 10.5. The highest BCUT2D eigenvalue weighted by Crippen LogP contribution is 2.05. The molecule has 2 unspecified atom stereocenters. The number of carbonyl (C=O) groups excluding carboxylic acids is 1. The molecule has 1 aliphatic heterocycles. The second-order valence-electron chi connectivity index (χ2n) is 3.36. The van der Waals surface area contributed by atoms with E-state index in [1.165, 1.54) is 6.92 Å². The Bertz CT molecular complexity index is 177. The maximum absolute atomic E-state index is 10.5. The van der Waals surface area contributed by atoms with Gasteiger partial charge in [0, 0.05) is 32.4 Å². The first-order valence-electron chi connectivity index (χ1n) is 4.68. The second-order valence-corrected chi connectivity index (χ2v) is 3.36. The van der Waals surface area contributed by atoms with Crippen molar-refractivity contribution < 1.29 is 14.3 Å². The highest BCUT2D eigenvalue weighted by molar-refractivity contribution is 6.11. The molecule has 74 valence electrons. The minimum absolute atomic E-state index is 0.183. The van der Waals surface area contributed by atoms with Crippen LogP contribution in [0.1, 0.15) is 13.3 Å². The van der Waals surface area contributed by atoms with E-state index in [2.05, 4.69) is 5.32 Å². The summed E-state index contributed by atoms with van der Waals surface area (Å²) in [6, 6.07) is 0.260. The molecule has 0 aliphatic carbocycles. The number of carbonyl (C=O) groups is 1. The van der Waals surface area contributed by atoms with E-state index >= 15 is 0 Å². The van der Waals surface area contributed by atoms with Gasteiger partial charge >= 0.3 is 5.97 Å². The van der Waals surface area contributed by atoms with Crippen molar-refractivity contribution in [3.8, 4) is 0 Å². The van der Waals surface area contributed by atoms with Crippen molar-refractivity contribution in [1.82, 2.24) is 5.32 Å². The Balaban J connectivity index is 2.10. The molecular formula is C8H16BNO3. The first-order chi connectivity index (χ1) is 6.18. The highest BCUT2D eigenvalue weighted by Gasteiger charge is 2.18. The minimum Gasteiger partial charge on any atom is -0.466 e. The number of hydrogen-bond donors (Lipinski definition) is 1. The zero-order chi connectivity index (χ0) is 9.68. The van der Waals surface area contributed by atoms with Crippen LogP contribution in [0.3, 0.4) is 0 Å². The van der Waals surface area contributed by atoms with E-state index in [4.69, 9.17) is 9.47 Å². The summed E-state index contributed by atoms with van der Waals surface area (Å²) in [7, 11) is 2.03. The molecular weight excluding hydrogens is 169 g/mol. The molecule has 1 rings (SSSR count). The first kappa shape index (κ1) is 10.5. The molecule has 0 aromatic rings. The van der Waals surface area contributed by atoms with Crippen LogP contribution in [0.4, 0.5) is 0 Å². The van der Waals surface area contributed by atoms with Crippen molar-refractivity contribution in [2.45, 2.75) is 25.5 Å². The normalized spacial score (nSPS) is 28.4. The van der Waals surface area contributed by atoms with Gasteiger partial charge in [-0.1, -0.05) is 0 Å². The van der Waals surface area contributed by atoms with E-state index in [1.807, 2.05) is 7.85 Å². The van der Waals surface area contributed by atoms with E-state index in [0.717, 1.165) is 19.5 Å². The Morgan fingerprint density at radius 3 is 3.08 bits per heavy atom. The van der Waals surface area contributed by atoms with Crippen LogP contribution in [-0.4, -0.2) is 45.6 Å². The average molecular weight is 185 g/mol. The van der Waals surface area contributed by atoms with Gasteiger partial charge in [-0.3, -0.25) is 4.79 Å². The zero-order valence-electron chi connectivity index (χ0n) is 8.21. The number of nitrogens with one attached hydrogen (secondary N) is 1. The van der Waals surface area contributed by atoms with Gasteiger partial charge in [0.1, 0.15) is 7.85 Å². The molecule has 13 heavy (non-hydrogen) atoms. The summed E-state index contributed by atoms with van der Waals surface area (Å²) in [5, 5.41) is 3.26.